The lowest BCUT2D eigenvalue weighted by Crippen LogP contribution is -2.33. The molecular weight excluding hydrogens is 302 g/mol. The topological polar surface area (TPSA) is 53.6 Å². The van der Waals surface area contributed by atoms with Crippen molar-refractivity contribution in [2.45, 2.75) is 25.8 Å². The molecule has 1 atom stereocenters. The van der Waals surface area contributed by atoms with E-state index in [9.17, 15) is 4.79 Å². The molecule has 2 fully saturated rings. The van der Waals surface area contributed by atoms with Crippen LogP contribution in [0.5, 0.6) is 5.75 Å². The average Bonchev–Trinajstić information content (AvgIpc) is 3.27. The van der Waals surface area contributed by atoms with Crippen LogP contribution in [0, 0.1) is 11.3 Å². The SMILES string of the molecule is CN(C)CCOc1ccc(CNC(=O)C2CC23CCNCC3)cc1. The number of nitrogens with zero attached hydrogens (tertiary/aromatic N) is 1. The maximum absolute atomic E-state index is 12.4. The first-order valence-electron chi connectivity index (χ1n) is 8.94. The minimum Gasteiger partial charge on any atom is -0.492 e. The molecular formula is C19H29N3O2. The molecule has 1 aliphatic heterocycles. The first-order chi connectivity index (χ1) is 11.6. The van der Waals surface area contributed by atoms with Crippen molar-refractivity contribution in [3.05, 3.63) is 29.8 Å². The molecule has 1 unspecified atom stereocenters. The largest absolute Gasteiger partial charge is 0.492 e. The van der Waals surface area contributed by atoms with Gasteiger partial charge in [0, 0.05) is 19.0 Å². The zero-order valence-electron chi connectivity index (χ0n) is 14.8. The molecule has 1 saturated heterocycles. The van der Waals surface area contributed by atoms with Gasteiger partial charge in [0.25, 0.3) is 0 Å². The van der Waals surface area contributed by atoms with E-state index in [1.54, 1.807) is 0 Å². The lowest BCUT2D eigenvalue weighted by molar-refractivity contribution is -0.123. The molecule has 2 aliphatic rings. The molecule has 1 spiro atoms. The number of ether oxygens (including phenoxy) is 1. The highest BCUT2D eigenvalue weighted by molar-refractivity contribution is 5.82. The fraction of sp³-hybridized carbons (Fsp3) is 0.632. The van der Waals surface area contributed by atoms with Gasteiger partial charge in [0.05, 0.1) is 0 Å². The number of carbonyl (C=O) groups is 1. The van der Waals surface area contributed by atoms with Gasteiger partial charge in [0.15, 0.2) is 0 Å². The molecule has 0 radical (unpaired) electrons. The van der Waals surface area contributed by atoms with Crippen molar-refractivity contribution in [3.8, 4) is 5.75 Å². The predicted molar refractivity (Wildman–Crippen MR) is 95.0 cm³/mol. The van der Waals surface area contributed by atoms with Crippen molar-refractivity contribution in [1.29, 1.82) is 0 Å². The molecule has 1 aromatic carbocycles. The summed E-state index contributed by atoms with van der Waals surface area (Å²) in [5.74, 6) is 1.33. The molecule has 1 saturated carbocycles. The van der Waals surface area contributed by atoms with Gasteiger partial charge in [-0.1, -0.05) is 12.1 Å². The minimum atomic E-state index is 0.225. The average molecular weight is 331 g/mol. The molecule has 1 aliphatic carbocycles. The van der Waals surface area contributed by atoms with E-state index in [-0.39, 0.29) is 11.8 Å². The Labute approximate surface area is 144 Å². The zero-order chi connectivity index (χ0) is 17.0. The van der Waals surface area contributed by atoms with Crippen molar-refractivity contribution in [1.82, 2.24) is 15.5 Å². The second kappa shape index (κ2) is 7.53. The predicted octanol–water partition coefficient (Wildman–Crippen LogP) is 1.63. The Bertz CT molecular complexity index is 550. The van der Waals surface area contributed by atoms with E-state index < -0.39 is 0 Å². The summed E-state index contributed by atoms with van der Waals surface area (Å²) in [4.78, 5) is 14.5. The maximum atomic E-state index is 12.4. The van der Waals surface area contributed by atoms with Gasteiger partial charge >= 0.3 is 0 Å². The summed E-state index contributed by atoms with van der Waals surface area (Å²) in [7, 11) is 4.06. The lowest BCUT2D eigenvalue weighted by atomic mass is 9.92. The maximum Gasteiger partial charge on any atom is 0.223 e. The van der Waals surface area contributed by atoms with Crippen molar-refractivity contribution < 1.29 is 9.53 Å². The van der Waals surface area contributed by atoms with E-state index in [0.717, 1.165) is 50.2 Å². The van der Waals surface area contributed by atoms with Crippen molar-refractivity contribution in [3.63, 3.8) is 0 Å². The van der Waals surface area contributed by atoms with Gasteiger partial charge in [0.1, 0.15) is 12.4 Å². The van der Waals surface area contributed by atoms with Crippen LogP contribution in [-0.4, -0.2) is 51.1 Å². The van der Waals surface area contributed by atoms with Crippen LogP contribution in [0.3, 0.4) is 0 Å². The normalized spacial score (nSPS) is 21.7. The Balaban J connectivity index is 1.41. The van der Waals surface area contributed by atoms with Gasteiger partial charge in [-0.3, -0.25) is 4.79 Å². The van der Waals surface area contributed by atoms with Crippen molar-refractivity contribution >= 4 is 5.91 Å². The number of carbonyl (C=O) groups excluding carboxylic acids is 1. The number of rotatable bonds is 7. The molecule has 5 heteroatoms. The number of hydrogen-bond donors (Lipinski definition) is 2. The summed E-state index contributed by atoms with van der Waals surface area (Å²) in [5, 5.41) is 6.48. The van der Waals surface area contributed by atoms with E-state index in [1.807, 2.05) is 38.4 Å². The Hall–Kier alpha value is -1.59. The summed E-state index contributed by atoms with van der Waals surface area (Å²) in [5.41, 5.74) is 1.42. The molecule has 1 heterocycles. The Kier molecular flexibility index (Phi) is 5.41. The van der Waals surface area contributed by atoms with Gasteiger partial charge in [-0.2, -0.15) is 0 Å². The molecule has 0 bridgehead atoms. The molecule has 132 valence electrons. The summed E-state index contributed by atoms with van der Waals surface area (Å²) < 4.78 is 5.69. The Morgan fingerprint density at radius 2 is 2.00 bits per heavy atom. The highest BCUT2D eigenvalue weighted by Crippen LogP contribution is 2.58. The molecule has 2 N–H and O–H groups in total. The highest BCUT2D eigenvalue weighted by atomic mass is 16.5. The Morgan fingerprint density at radius 3 is 2.67 bits per heavy atom. The van der Waals surface area contributed by atoms with Crippen LogP contribution >= 0.6 is 0 Å². The fourth-order valence-electron chi connectivity index (χ4n) is 3.56. The molecule has 3 rings (SSSR count). The van der Waals surface area contributed by atoms with Crippen LogP contribution in [-0.2, 0) is 11.3 Å². The van der Waals surface area contributed by atoms with E-state index >= 15 is 0 Å². The molecule has 0 aromatic heterocycles. The molecule has 5 nitrogen and oxygen atoms in total. The minimum absolute atomic E-state index is 0.225. The van der Waals surface area contributed by atoms with Crippen LogP contribution in [0.25, 0.3) is 0 Å². The number of piperidine rings is 1. The van der Waals surface area contributed by atoms with E-state index in [4.69, 9.17) is 4.74 Å². The number of amides is 1. The van der Waals surface area contributed by atoms with Gasteiger partial charge in [-0.05, 0) is 69.6 Å². The highest BCUT2D eigenvalue weighted by Gasteiger charge is 2.57. The number of benzene rings is 1. The van der Waals surface area contributed by atoms with Gasteiger partial charge < -0.3 is 20.3 Å². The number of hydrogen-bond acceptors (Lipinski definition) is 4. The van der Waals surface area contributed by atoms with Gasteiger partial charge in [-0.15, -0.1) is 0 Å². The van der Waals surface area contributed by atoms with Crippen LogP contribution in [0.15, 0.2) is 24.3 Å². The van der Waals surface area contributed by atoms with Crippen LogP contribution in [0.2, 0.25) is 0 Å². The quantitative estimate of drug-likeness (QED) is 0.797. The third-order valence-corrected chi connectivity index (χ3v) is 5.30. The van der Waals surface area contributed by atoms with E-state index in [0.29, 0.717) is 18.6 Å². The van der Waals surface area contributed by atoms with Crippen LogP contribution < -0.4 is 15.4 Å². The van der Waals surface area contributed by atoms with Crippen molar-refractivity contribution in [2.75, 3.05) is 40.3 Å². The van der Waals surface area contributed by atoms with Crippen LogP contribution in [0.4, 0.5) is 0 Å². The van der Waals surface area contributed by atoms with E-state index in [1.165, 1.54) is 0 Å². The van der Waals surface area contributed by atoms with E-state index in [2.05, 4.69) is 15.5 Å². The number of likely N-dealkylation sites (N-methyl/N-ethyl adjacent to an activating group) is 1. The third-order valence-electron chi connectivity index (χ3n) is 5.30. The number of nitrogens with one attached hydrogen (secondary N) is 2. The second-order valence-corrected chi connectivity index (χ2v) is 7.38. The standard InChI is InChI=1S/C19H29N3O2/c1-22(2)11-12-24-16-5-3-15(4-6-16)14-21-18(23)17-13-19(17)7-9-20-10-8-19/h3-6,17,20H,7-14H2,1-2H3,(H,21,23). The fourth-order valence-corrected chi connectivity index (χ4v) is 3.56. The smallest absolute Gasteiger partial charge is 0.223 e. The van der Waals surface area contributed by atoms with Crippen LogP contribution in [0.1, 0.15) is 24.8 Å². The second-order valence-electron chi connectivity index (χ2n) is 7.38. The summed E-state index contributed by atoms with van der Waals surface area (Å²) >= 11 is 0. The van der Waals surface area contributed by atoms with Crippen molar-refractivity contribution in [2.24, 2.45) is 11.3 Å². The van der Waals surface area contributed by atoms with Gasteiger partial charge in [-0.25, -0.2) is 0 Å². The third kappa shape index (κ3) is 4.28. The molecule has 1 amide bonds. The summed E-state index contributed by atoms with van der Waals surface area (Å²) in [6, 6.07) is 8.00. The summed E-state index contributed by atoms with van der Waals surface area (Å²) in [6.07, 6.45) is 3.35. The Morgan fingerprint density at radius 1 is 1.29 bits per heavy atom. The first kappa shape index (κ1) is 17.2. The summed E-state index contributed by atoms with van der Waals surface area (Å²) in [6.45, 7) is 4.29. The zero-order valence-corrected chi connectivity index (χ0v) is 14.8. The lowest BCUT2D eigenvalue weighted by Gasteiger charge is -2.23. The molecule has 1 aromatic rings. The first-order valence-corrected chi connectivity index (χ1v) is 8.94. The molecule has 24 heavy (non-hydrogen) atoms. The monoisotopic (exact) mass is 331 g/mol. The van der Waals surface area contributed by atoms with Gasteiger partial charge in [0.2, 0.25) is 5.91 Å².